The first-order chi connectivity index (χ1) is 11.4. The van der Waals surface area contributed by atoms with Gasteiger partial charge in [0, 0.05) is 25.7 Å². The zero-order valence-corrected chi connectivity index (χ0v) is 15.6. The first-order valence-corrected chi connectivity index (χ1v) is 8.75. The maximum Gasteiger partial charge on any atom is 0.0845 e. The SMILES string of the molecule is COCC(NC(C)C(O)C(NCc1ccccc1)C(C)C)C(C)O. The summed E-state index contributed by atoms with van der Waals surface area (Å²) in [5.74, 6) is 0.278. The lowest BCUT2D eigenvalue weighted by Crippen LogP contribution is -2.56. The maximum atomic E-state index is 10.8. The van der Waals surface area contributed by atoms with Crippen LogP contribution in [0.5, 0.6) is 0 Å². The van der Waals surface area contributed by atoms with Crippen LogP contribution in [0.2, 0.25) is 0 Å². The third-order valence-electron chi connectivity index (χ3n) is 4.39. The second kappa shape index (κ2) is 10.8. The zero-order valence-electron chi connectivity index (χ0n) is 15.6. The van der Waals surface area contributed by atoms with Gasteiger partial charge in [-0.15, -0.1) is 0 Å². The summed E-state index contributed by atoms with van der Waals surface area (Å²) in [6, 6.07) is 9.74. The van der Waals surface area contributed by atoms with Crippen LogP contribution in [0.4, 0.5) is 0 Å². The molecule has 0 aliphatic carbocycles. The summed E-state index contributed by atoms with van der Waals surface area (Å²) < 4.78 is 5.14. The highest BCUT2D eigenvalue weighted by Crippen LogP contribution is 2.12. The van der Waals surface area contributed by atoms with E-state index in [1.807, 2.05) is 25.1 Å². The van der Waals surface area contributed by atoms with Gasteiger partial charge in [-0.2, -0.15) is 0 Å². The van der Waals surface area contributed by atoms with Crippen molar-refractivity contribution in [3.05, 3.63) is 35.9 Å². The van der Waals surface area contributed by atoms with E-state index in [9.17, 15) is 10.2 Å². The Morgan fingerprint density at radius 2 is 1.67 bits per heavy atom. The van der Waals surface area contributed by atoms with Gasteiger partial charge in [-0.3, -0.25) is 0 Å². The summed E-state index contributed by atoms with van der Waals surface area (Å²) in [5.41, 5.74) is 1.19. The predicted molar refractivity (Wildman–Crippen MR) is 97.9 cm³/mol. The second-order valence-electron chi connectivity index (χ2n) is 6.88. The molecule has 0 saturated heterocycles. The molecule has 0 fully saturated rings. The molecule has 0 aliphatic heterocycles. The highest BCUT2D eigenvalue weighted by Gasteiger charge is 2.29. The summed E-state index contributed by atoms with van der Waals surface area (Å²) in [7, 11) is 1.61. The molecular weight excluding hydrogens is 304 g/mol. The van der Waals surface area contributed by atoms with Crippen molar-refractivity contribution >= 4 is 0 Å². The van der Waals surface area contributed by atoms with Crippen LogP contribution in [0.3, 0.4) is 0 Å². The van der Waals surface area contributed by atoms with Crippen LogP contribution in [0.1, 0.15) is 33.3 Å². The van der Waals surface area contributed by atoms with E-state index in [4.69, 9.17) is 4.74 Å². The molecule has 138 valence electrons. The molecule has 4 N–H and O–H groups in total. The molecule has 0 amide bonds. The molecule has 1 rings (SSSR count). The number of nitrogens with one attached hydrogen (secondary N) is 2. The minimum absolute atomic E-state index is 0.0510. The zero-order chi connectivity index (χ0) is 18.1. The van der Waals surface area contributed by atoms with E-state index in [1.165, 1.54) is 5.56 Å². The van der Waals surface area contributed by atoms with Crippen molar-refractivity contribution in [1.29, 1.82) is 0 Å². The van der Waals surface area contributed by atoms with Gasteiger partial charge in [-0.25, -0.2) is 0 Å². The van der Waals surface area contributed by atoms with Gasteiger partial charge < -0.3 is 25.6 Å². The van der Waals surface area contributed by atoms with E-state index < -0.39 is 12.2 Å². The van der Waals surface area contributed by atoms with E-state index in [0.29, 0.717) is 13.2 Å². The fourth-order valence-electron chi connectivity index (χ4n) is 2.84. The number of benzene rings is 1. The van der Waals surface area contributed by atoms with E-state index in [1.54, 1.807) is 14.0 Å². The second-order valence-corrected chi connectivity index (χ2v) is 6.88. The Kier molecular flexibility index (Phi) is 9.48. The molecule has 5 nitrogen and oxygen atoms in total. The Balaban J connectivity index is 2.65. The lowest BCUT2D eigenvalue weighted by atomic mass is 9.93. The van der Waals surface area contributed by atoms with Crippen molar-refractivity contribution < 1.29 is 14.9 Å². The Morgan fingerprint density at radius 1 is 1.04 bits per heavy atom. The Hall–Kier alpha value is -0.980. The molecule has 1 aromatic carbocycles. The number of methoxy groups -OCH3 is 1. The molecule has 0 bridgehead atoms. The van der Waals surface area contributed by atoms with Crippen LogP contribution in [-0.2, 0) is 11.3 Å². The normalized spacial score (nSPS) is 18.2. The van der Waals surface area contributed by atoms with Gasteiger partial charge in [0.15, 0.2) is 0 Å². The van der Waals surface area contributed by atoms with Crippen LogP contribution < -0.4 is 10.6 Å². The van der Waals surface area contributed by atoms with Crippen LogP contribution in [0.25, 0.3) is 0 Å². The molecule has 5 unspecified atom stereocenters. The lowest BCUT2D eigenvalue weighted by Gasteiger charge is -2.34. The van der Waals surface area contributed by atoms with Crippen LogP contribution >= 0.6 is 0 Å². The summed E-state index contributed by atoms with van der Waals surface area (Å²) >= 11 is 0. The smallest absolute Gasteiger partial charge is 0.0845 e. The third kappa shape index (κ3) is 6.87. The predicted octanol–water partition coefficient (Wildman–Crippen LogP) is 1.54. The average molecular weight is 338 g/mol. The van der Waals surface area contributed by atoms with Gasteiger partial charge in [-0.1, -0.05) is 44.2 Å². The standard InChI is InChI=1S/C19H34N2O3/c1-13(2)18(20-11-16-9-7-6-8-10-16)19(23)14(3)21-17(12-24-5)15(4)22/h6-10,13-15,17-23H,11-12H2,1-5H3. The Bertz CT molecular complexity index is 439. The summed E-state index contributed by atoms with van der Waals surface area (Å²) in [5, 5.41) is 27.4. The molecule has 0 spiro atoms. The number of hydrogen-bond acceptors (Lipinski definition) is 5. The van der Waals surface area contributed by atoms with E-state index in [2.05, 4.69) is 36.6 Å². The van der Waals surface area contributed by atoms with Crippen LogP contribution in [0.15, 0.2) is 30.3 Å². The third-order valence-corrected chi connectivity index (χ3v) is 4.39. The van der Waals surface area contributed by atoms with E-state index >= 15 is 0 Å². The number of aliphatic hydroxyl groups is 2. The molecule has 0 aromatic heterocycles. The quantitative estimate of drug-likeness (QED) is 0.492. The molecule has 0 heterocycles. The first kappa shape index (κ1) is 21.1. The van der Waals surface area contributed by atoms with Crippen molar-refractivity contribution in [2.75, 3.05) is 13.7 Å². The van der Waals surface area contributed by atoms with Gasteiger partial charge >= 0.3 is 0 Å². The average Bonchev–Trinajstić information content (AvgIpc) is 2.54. The molecule has 0 aliphatic rings. The summed E-state index contributed by atoms with van der Waals surface area (Å²) in [6.45, 7) is 8.97. The van der Waals surface area contributed by atoms with Gasteiger partial charge in [0.05, 0.1) is 24.9 Å². The largest absolute Gasteiger partial charge is 0.392 e. The van der Waals surface area contributed by atoms with Crippen molar-refractivity contribution in [3.8, 4) is 0 Å². The van der Waals surface area contributed by atoms with Crippen LogP contribution in [0, 0.1) is 5.92 Å². The topological polar surface area (TPSA) is 73.8 Å². The van der Waals surface area contributed by atoms with Gasteiger partial charge in [-0.05, 0) is 25.3 Å². The number of aliphatic hydroxyl groups excluding tert-OH is 2. The monoisotopic (exact) mass is 338 g/mol. The summed E-state index contributed by atoms with van der Waals surface area (Å²) in [4.78, 5) is 0. The Morgan fingerprint density at radius 3 is 2.17 bits per heavy atom. The molecule has 24 heavy (non-hydrogen) atoms. The summed E-state index contributed by atoms with van der Waals surface area (Å²) in [6.07, 6.45) is -1.12. The fraction of sp³-hybridized carbons (Fsp3) is 0.684. The van der Waals surface area contributed by atoms with Crippen molar-refractivity contribution in [2.45, 2.75) is 64.6 Å². The lowest BCUT2D eigenvalue weighted by molar-refractivity contribution is 0.0361. The van der Waals surface area contributed by atoms with E-state index in [0.717, 1.165) is 0 Å². The number of hydrogen-bond donors (Lipinski definition) is 4. The molecular formula is C19H34N2O3. The molecule has 1 aromatic rings. The van der Waals surface area contributed by atoms with Crippen molar-refractivity contribution in [2.24, 2.45) is 5.92 Å². The van der Waals surface area contributed by atoms with Gasteiger partial charge in [0.25, 0.3) is 0 Å². The highest BCUT2D eigenvalue weighted by atomic mass is 16.5. The number of ether oxygens (including phenoxy) is 1. The van der Waals surface area contributed by atoms with Gasteiger partial charge in [0.2, 0.25) is 0 Å². The minimum atomic E-state index is -0.577. The maximum absolute atomic E-state index is 10.8. The minimum Gasteiger partial charge on any atom is -0.392 e. The van der Waals surface area contributed by atoms with Crippen LogP contribution in [-0.4, -0.2) is 54.3 Å². The fourth-order valence-corrected chi connectivity index (χ4v) is 2.84. The Labute approximate surface area is 146 Å². The van der Waals surface area contributed by atoms with Crippen molar-refractivity contribution in [3.63, 3.8) is 0 Å². The van der Waals surface area contributed by atoms with Gasteiger partial charge in [0.1, 0.15) is 0 Å². The molecule has 5 heteroatoms. The molecule has 0 radical (unpaired) electrons. The van der Waals surface area contributed by atoms with E-state index in [-0.39, 0.29) is 24.0 Å². The first-order valence-electron chi connectivity index (χ1n) is 8.75. The molecule has 5 atom stereocenters. The highest BCUT2D eigenvalue weighted by molar-refractivity contribution is 5.14. The number of rotatable bonds is 11. The van der Waals surface area contributed by atoms with Crippen molar-refractivity contribution in [1.82, 2.24) is 10.6 Å². The molecule has 0 saturated carbocycles.